The quantitative estimate of drug-likeness (QED) is 0.120. The van der Waals surface area contributed by atoms with Gasteiger partial charge in [0, 0.05) is 26.1 Å². The van der Waals surface area contributed by atoms with Gasteiger partial charge >= 0.3 is 18.3 Å². The number of para-hydroxylation sites is 1. The summed E-state index contributed by atoms with van der Waals surface area (Å²) < 4.78 is 22.2. The molecule has 1 unspecified atom stereocenters. The van der Waals surface area contributed by atoms with Crippen LogP contribution in [0.5, 0.6) is 17.2 Å². The molecule has 0 aromatic heterocycles. The number of rotatable bonds is 22. The first kappa shape index (κ1) is 38.5. The van der Waals surface area contributed by atoms with Crippen LogP contribution in [0.3, 0.4) is 0 Å². The zero-order valence-electron chi connectivity index (χ0n) is 28.9. The van der Waals surface area contributed by atoms with E-state index in [2.05, 4.69) is 17.6 Å². The first-order valence-corrected chi connectivity index (χ1v) is 18.2. The maximum absolute atomic E-state index is 12.9. The second-order valence-electron chi connectivity index (χ2n) is 12.4. The predicted octanol–water partition coefficient (Wildman–Crippen LogP) is 9.72. The minimum absolute atomic E-state index is 0.291. The number of nitrogens with zero attached hydrogens (tertiary/aromatic N) is 1. The Hall–Kier alpha value is -3.95. The van der Waals surface area contributed by atoms with E-state index in [1.165, 1.54) is 49.8 Å². The molecule has 1 saturated heterocycles. The zero-order valence-corrected chi connectivity index (χ0v) is 28.9. The second kappa shape index (κ2) is 24.2. The Labute approximate surface area is 287 Å². The predicted molar refractivity (Wildman–Crippen MR) is 187 cm³/mol. The molecule has 1 heterocycles. The summed E-state index contributed by atoms with van der Waals surface area (Å²) in [4.78, 5) is 38.5. The number of unbranched alkanes of at least 4 members (excludes halogenated alkanes) is 12. The third-order valence-electron chi connectivity index (χ3n) is 8.31. The van der Waals surface area contributed by atoms with Crippen molar-refractivity contribution >= 4 is 18.3 Å². The summed E-state index contributed by atoms with van der Waals surface area (Å²) in [6.45, 7) is 4.39. The van der Waals surface area contributed by atoms with Gasteiger partial charge in [-0.1, -0.05) is 95.8 Å². The highest BCUT2D eigenvalue weighted by molar-refractivity contribution is 5.72. The molecule has 3 rings (SSSR count). The lowest BCUT2D eigenvalue weighted by Crippen LogP contribution is -2.48. The molecule has 2 aromatic rings. The highest BCUT2D eigenvalue weighted by Gasteiger charge is 2.31. The molecule has 266 valence electrons. The Kier molecular flexibility index (Phi) is 19.4. The summed E-state index contributed by atoms with van der Waals surface area (Å²) in [5.74, 6) is 1.75. The molecule has 0 spiro atoms. The lowest BCUT2D eigenvalue weighted by atomic mass is 10.1. The number of alkyl carbamates (subject to hydrolysis) is 2. The van der Waals surface area contributed by atoms with E-state index in [0.29, 0.717) is 44.2 Å². The van der Waals surface area contributed by atoms with E-state index in [4.69, 9.17) is 18.9 Å². The molecule has 0 aliphatic carbocycles. The van der Waals surface area contributed by atoms with Crippen LogP contribution in [0.25, 0.3) is 0 Å². The van der Waals surface area contributed by atoms with Crippen molar-refractivity contribution in [1.29, 1.82) is 0 Å². The van der Waals surface area contributed by atoms with Crippen molar-refractivity contribution in [3.05, 3.63) is 54.6 Å². The van der Waals surface area contributed by atoms with Gasteiger partial charge < -0.3 is 29.6 Å². The molecule has 1 aliphatic rings. The number of carbonyl (C=O) groups excluding carboxylic acids is 3. The Morgan fingerprint density at radius 2 is 1.23 bits per heavy atom. The van der Waals surface area contributed by atoms with Crippen molar-refractivity contribution < 1.29 is 33.3 Å². The molecule has 10 heteroatoms. The van der Waals surface area contributed by atoms with Crippen molar-refractivity contribution in [3.8, 4) is 17.2 Å². The van der Waals surface area contributed by atoms with Crippen LogP contribution in [0.15, 0.2) is 54.6 Å². The normalized spacial score (nSPS) is 14.2. The van der Waals surface area contributed by atoms with Gasteiger partial charge in [0.2, 0.25) is 0 Å². The van der Waals surface area contributed by atoms with E-state index in [1.54, 1.807) is 24.3 Å². The van der Waals surface area contributed by atoms with Crippen molar-refractivity contribution in [1.82, 2.24) is 15.5 Å². The van der Waals surface area contributed by atoms with E-state index in [9.17, 15) is 14.4 Å². The molecule has 48 heavy (non-hydrogen) atoms. The van der Waals surface area contributed by atoms with Gasteiger partial charge in [0.05, 0.1) is 6.61 Å². The van der Waals surface area contributed by atoms with E-state index in [-0.39, 0.29) is 6.09 Å². The lowest BCUT2D eigenvalue weighted by molar-refractivity contribution is -0.0224. The van der Waals surface area contributed by atoms with E-state index in [1.807, 2.05) is 30.3 Å². The summed E-state index contributed by atoms with van der Waals surface area (Å²) in [6, 6.07) is 16.3. The van der Waals surface area contributed by atoms with Crippen molar-refractivity contribution in [2.75, 3.05) is 26.2 Å². The summed E-state index contributed by atoms with van der Waals surface area (Å²) in [5.41, 5.74) is 0. The molecule has 1 aliphatic heterocycles. The third kappa shape index (κ3) is 16.7. The zero-order chi connectivity index (χ0) is 34.1. The molecule has 3 amide bonds. The molecule has 1 fully saturated rings. The number of benzene rings is 2. The first-order chi connectivity index (χ1) is 23.5. The number of carbonyl (C=O) groups is 3. The van der Waals surface area contributed by atoms with E-state index >= 15 is 0 Å². The summed E-state index contributed by atoms with van der Waals surface area (Å²) >= 11 is 0. The minimum atomic E-state index is -0.649. The van der Waals surface area contributed by atoms with Crippen LogP contribution < -0.4 is 20.1 Å². The number of piperidine rings is 1. The van der Waals surface area contributed by atoms with Crippen LogP contribution in [-0.2, 0) is 9.47 Å². The number of hydrogen-bond donors (Lipinski definition) is 2. The van der Waals surface area contributed by atoms with Crippen LogP contribution in [0.2, 0.25) is 0 Å². The molecule has 2 aromatic carbocycles. The summed E-state index contributed by atoms with van der Waals surface area (Å²) in [7, 11) is 0. The molecule has 10 nitrogen and oxygen atoms in total. The van der Waals surface area contributed by atoms with Crippen molar-refractivity contribution in [3.63, 3.8) is 0 Å². The fourth-order valence-corrected chi connectivity index (χ4v) is 5.55. The molecule has 0 radical (unpaired) electrons. The Bertz CT molecular complexity index is 1160. The monoisotopic (exact) mass is 667 g/mol. The average molecular weight is 668 g/mol. The second-order valence-corrected chi connectivity index (χ2v) is 12.4. The van der Waals surface area contributed by atoms with E-state index < -0.39 is 18.4 Å². The standard InChI is InChI=1S/C38H57N3O7/c1-2-3-4-17-28-39-36(42)45-31-20-12-10-8-6-5-7-9-11-18-29-40-37(43)48-35-23-16-19-30-41(35)38(44)47-34-26-24-33(25-27-34)46-32-21-14-13-15-22-32/h13-15,21-22,24-27,35H,2-12,16-20,23,28-31H2,1H3,(H,39,42)(H,40,43). The van der Waals surface area contributed by atoms with Crippen LogP contribution in [0, 0.1) is 0 Å². The summed E-state index contributed by atoms with van der Waals surface area (Å²) in [6.07, 6.45) is 16.0. The fourth-order valence-electron chi connectivity index (χ4n) is 5.55. The van der Waals surface area contributed by atoms with Crippen LogP contribution in [-0.4, -0.2) is 55.6 Å². The fraction of sp³-hybridized carbons (Fsp3) is 0.605. The highest BCUT2D eigenvalue weighted by atomic mass is 16.6. The molecule has 0 saturated carbocycles. The van der Waals surface area contributed by atoms with Crippen molar-refractivity contribution in [2.24, 2.45) is 0 Å². The topological polar surface area (TPSA) is 115 Å². The van der Waals surface area contributed by atoms with Gasteiger partial charge in [-0.3, -0.25) is 4.90 Å². The highest BCUT2D eigenvalue weighted by Crippen LogP contribution is 2.25. The van der Waals surface area contributed by atoms with Crippen LogP contribution in [0.4, 0.5) is 14.4 Å². The van der Waals surface area contributed by atoms with Gasteiger partial charge in [0.1, 0.15) is 17.2 Å². The smallest absolute Gasteiger partial charge is 0.418 e. The average Bonchev–Trinajstić information content (AvgIpc) is 3.10. The number of hydrogen-bond acceptors (Lipinski definition) is 7. The molecule has 1 atom stereocenters. The molecule has 0 bridgehead atoms. The number of likely N-dealkylation sites (tertiary alicyclic amines) is 1. The maximum Gasteiger partial charge on any atom is 0.418 e. The lowest BCUT2D eigenvalue weighted by Gasteiger charge is -2.33. The number of amides is 3. The SMILES string of the molecule is CCCCCCNC(=O)OCCCCCCCCCCCCNC(=O)OC1CCCCN1C(=O)Oc1ccc(Oc2ccccc2)cc1. The third-order valence-corrected chi connectivity index (χ3v) is 8.31. The minimum Gasteiger partial charge on any atom is -0.457 e. The Morgan fingerprint density at radius 3 is 1.90 bits per heavy atom. The van der Waals surface area contributed by atoms with Gasteiger partial charge in [-0.25, -0.2) is 14.4 Å². The van der Waals surface area contributed by atoms with E-state index in [0.717, 1.165) is 63.5 Å². The first-order valence-electron chi connectivity index (χ1n) is 18.2. The van der Waals surface area contributed by atoms with Gasteiger partial charge in [-0.2, -0.15) is 0 Å². The van der Waals surface area contributed by atoms with Gasteiger partial charge in [-0.15, -0.1) is 0 Å². The Morgan fingerprint density at radius 1 is 0.667 bits per heavy atom. The molecular formula is C38H57N3O7. The van der Waals surface area contributed by atoms with Gasteiger partial charge in [0.25, 0.3) is 0 Å². The largest absolute Gasteiger partial charge is 0.457 e. The Balaban J connectivity index is 1.16. The van der Waals surface area contributed by atoms with Crippen LogP contribution >= 0.6 is 0 Å². The van der Waals surface area contributed by atoms with Crippen molar-refractivity contribution in [2.45, 2.75) is 122 Å². The van der Waals surface area contributed by atoms with Gasteiger partial charge in [-0.05, 0) is 68.5 Å². The maximum atomic E-state index is 12.9. The number of ether oxygens (including phenoxy) is 4. The molecular weight excluding hydrogens is 610 g/mol. The van der Waals surface area contributed by atoms with Crippen LogP contribution in [0.1, 0.15) is 116 Å². The van der Waals surface area contributed by atoms with Gasteiger partial charge in [0.15, 0.2) is 6.23 Å². The molecule has 2 N–H and O–H groups in total. The number of nitrogens with one attached hydrogen (secondary N) is 2. The summed E-state index contributed by atoms with van der Waals surface area (Å²) in [5, 5.41) is 5.65.